The van der Waals surface area contributed by atoms with Crippen LogP contribution in [0.4, 0.5) is 0 Å². The normalized spacial score (nSPS) is 10.8. The zero-order valence-electron chi connectivity index (χ0n) is 10.3. The molecule has 0 radical (unpaired) electrons. The molecule has 0 saturated heterocycles. The molecule has 0 aliphatic rings. The molecule has 0 aliphatic carbocycles. The van der Waals surface area contributed by atoms with E-state index in [0.29, 0.717) is 16.8 Å². The fourth-order valence-corrected chi connectivity index (χ4v) is 1.95. The van der Waals surface area contributed by atoms with Gasteiger partial charge in [-0.2, -0.15) is 24.7 Å². The fourth-order valence-electron chi connectivity index (χ4n) is 1.61. The molecule has 0 unspecified atom stereocenters. The number of halogens is 2. The Bertz CT molecular complexity index is 757. The molecule has 2 aromatic heterocycles. The summed E-state index contributed by atoms with van der Waals surface area (Å²) in [6, 6.07) is 5.55. The van der Waals surface area contributed by atoms with Gasteiger partial charge in [0.2, 0.25) is 5.28 Å². The monoisotopic (exact) mass is 306 g/mol. The summed E-state index contributed by atoms with van der Waals surface area (Å²) in [6.45, 7) is 1.92. The second-order valence-electron chi connectivity index (χ2n) is 4.03. The number of aryl methyl sites for hydroxylation is 1. The van der Waals surface area contributed by atoms with Crippen LogP contribution in [0.15, 0.2) is 30.9 Å². The summed E-state index contributed by atoms with van der Waals surface area (Å²) < 4.78 is 1.41. The third-order valence-electron chi connectivity index (χ3n) is 2.65. The van der Waals surface area contributed by atoms with Crippen molar-refractivity contribution in [1.82, 2.24) is 29.7 Å². The van der Waals surface area contributed by atoms with Crippen molar-refractivity contribution in [2.24, 2.45) is 0 Å². The van der Waals surface area contributed by atoms with Crippen molar-refractivity contribution in [2.75, 3.05) is 0 Å². The lowest BCUT2D eigenvalue weighted by atomic mass is 10.1. The lowest BCUT2D eigenvalue weighted by Gasteiger charge is -2.05. The Kier molecular flexibility index (Phi) is 3.33. The number of aromatic nitrogens is 6. The number of nitrogens with zero attached hydrogens (tertiary/aromatic N) is 6. The highest BCUT2D eigenvalue weighted by atomic mass is 35.5. The molecule has 6 nitrogen and oxygen atoms in total. The van der Waals surface area contributed by atoms with E-state index in [4.69, 9.17) is 23.2 Å². The molecular formula is C12H8Cl2N6. The standard InChI is InChI=1S/C12H8Cl2N6/c1-7-2-3-8(4-9(7)13)10-17-11(14)19-12(18-10)20-6-15-5-16-20/h2-6H,1H3. The number of rotatable bonds is 2. The van der Waals surface area contributed by atoms with Crippen LogP contribution in [0.5, 0.6) is 0 Å². The molecule has 0 saturated carbocycles. The van der Waals surface area contributed by atoms with Crippen molar-refractivity contribution in [3.05, 3.63) is 46.7 Å². The Labute approximate surface area is 124 Å². The van der Waals surface area contributed by atoms with Gasteiger partial charge in [-0.15, -0.1) is 0 Å². The van der Waals surface area contributed by atoms with Crippen molar-refractivity contribution in [2.45, 2.75) is 6.92 Å². The van der Waals surface area contributed by atoms with E-state index in [1.54, 1.807) is 6.07 Å². The van der Waals surface area contributed by atoms with Crippen LogP contribution in [0.1, 0.15) is 5.56 Å². The second-order valence-corrected chi connectivity index (χ2v) is 4.78. The third-order valence-corrected chi connectivity index (χ3v) is 3.23. The smallest absolute Gasteiger partial charge is 0.223 e. The van der Waals surface area contributed by atoms with Crippen molar-refractivity contribution < 1.29 is 0 Å². The van der Waals surface area contributed by atoms with Gasteiger partial charge in [0.25, 0.3) is 5.95 Å². The first-order chi connectivity index (χ1) is 9.63. The predicted octanol–water partition coefficient (Wildman–Crippen LogP) is 2.73. The first-order valence-electron chi connectivity index (χ1n) is 5.66. The molecule has 8 heteroatoms. The maximum atomic E-state index is 6.11. The Balaban J connectivity index is 2.12. The van der Waals surface area contributed by atoms with Crippen LogP contribution in [0.2, 0.25) is 10.3 Å². The van der Waals surface area contributed by atoms with Crippen LogP contribution in [-0.4, -0.2) is 29.7 Å². The average Bonchev–Trinajstić information content (AvgIpc) is 2.95. The topological polar surface area (TPSA) is 69.4 Å². The molecule has 20 heavy (non-hydrogen) atoms. The lowest BCUT2D eigenvalue weighted by Crippen LogP contribution is -2.05. The van der Waals surface area contributed by atoms with Crippen LogP contribution in [-0.2, 0) is 0 Å². The van der Waals surface area contributed by atoms with Gasteiger partial charge in [-0.3, -0.25) is 0 Å². The largest absolute Gasteiger partial charge is 0.256 e. The first kappa shape index (κ1) is 13.0. The highest BCUT2D eigenvalue weighted by Gasteiger charge is 2.10. The van der Waals surface area contributed by atoms with Crippen LogP contribution in [0, 0.1) is 6.92 Å². The van der Waals surface area contributed by atoms with Gasteiger partial charge in [-0.25, -0.2) is 4.98 Å². The minimum absolute atomic E-state index is 0.0807. The highest BCUT2D eigenvalue weighted by molar-refractivity contribution is 6.31. The van der Waals surface area contributed by atoms with E-state index < -0.39 is 0 Å². The summed E-state index contributed by atoms with van der Waals surface area (Å²) in [5, 5.41) is 4.68. The van der Waals surface area contributed by atoms with Crippen molar-refractivity contribution >= 4 is 23.2 Å². The van der Waals surface area contributed by atoms with Gasteiger partial charge >= 0.3 is 0 Å². The molecule has 0 fully saturated rings. The Hall–Kier alpha value is -2.05. The molecule has 0 amide bonds. The zero-order chi connectivity index (χ0) is 14.1. The second kappa shape index (κ2) is 5.15. The fraction of sp³-hybridized carbons (Fsp3) is 0.0833. The number of hydrogen-bond acceptors (Lipinski definition) is 5. The minimum Gasteiger partial charge on any atom is -0.223 e. The van der Waals surface area contributed by atoms with E-state index in [9.17, 15) is 0 Å². The molecule has 0 spiro atoms. The van der Waals surface area contributed by atoms with Crippen molar-refractivity contribution in [3.63, 3.8) is 0 Å². The molecule has 1 aromatic carbocycles. The summed E-state index contributed by atoms with van der Waals surface area (Å²) >= 11 is 12.0. The minimum atomic E-state index is 0.0807. The van der Waals surface area contributed by atoms with Gasteiger partial charge in [-0.05, 0) is 30.2 Å². The molecule has 0 atom stereocenters. The van der Waals surface area contributed by atoms with E-state index in [2.05, 4.69) is 25.0 Å². The molecule has 0 N–H and O–H groups in total. The molecule has 0 aliphatic heterocycles. The summed E-state index contributed by atoms with van der Waals surface area (Å²) in [7, 11) is 0. The van der Waals surface area contributed by atoms with E-state index in [0.717, 1.165) is 11.1 Å². The van der Waals surface area contributed by atoms with E-state index in [1.165, 1.54) is 17.3 Å². The van der Waals surface area contributed by atoms with Crippen LogP contribution in [0.25, 0.3) is 17.3 Å². The quantitative estimate of drug-likeness (QED) is 0.728. The maximum Gasteiger partial charge on any atom is 0.256 e. The third kappa shape index (κ3) is 2.48. The highest BCUT2D eigenvalue weighted by Crippen LogP contribution is 2.23. The Morgan fingerprint density at radius 1 is 1.10 bits per heavy atom. The molecule has 100 valence electrons. The van der Waals surface area contributed by atoms with Crippen molar-refractivity contribution in [1.29, 1.82) is 0 Å². The summed E-state index contributed by atoms with van der Waals surface area (Å²) in [4.78, 5) is 16.3. The van der Waals surface area contributed by atoms with E-state index in [1.807, 2.05) is 19.1 Å². The Morgan fingerprint density at radius 2 is 1.95 bits per heavy atom. The lowest BCUT2D eigenvalue weighted by molar-refractivity contribution is 0.796. The van der Waals surface area contributed by atoms with Crippen LogP contribution >= 0.6 is 23.2 Å². The van der Waals surface area contributed by atoms with Gasteiger partial charge in [0.1, 0.15) is 12.7 Å². The van der Waals surface area contributed by atoms with Crippen molar-refractivity contribution in [3.8, 4) is 17.3 Å². The van der Waals surface area contributed by atoms with Gasteiger partial charge in [0, 0.05) is 10.6 Å². The number of benzene rings is 1. The average molecular weight is 307 g/mol. The van der Waals surface area contributed by atoms with Gasteiger partial charge in [0.05, 0.1) is 0 Å². The van der Waals surface area contributed by atoms with Gasteiger partial charge in [-0.1, -0.05) is 23.7 Å². The number of hydrogen-bond donors (Lipinski definition) is 0. The molecule has 0 bridgehead atoms. The zero-order valence-corrected chi connectivity index (χ0v) is 11.8. The van der Waals surface area contributed by atoms with E-state index >= 15 is 0 Å². The Morgan fingerprint density at radius 3 is 2.65 bits per heavy atom. The molecule has 3 aromatic rings. The first-order valence-corrected chi connectivity index (χ1v) is 6.42. The predicted molar refractivity (Wildman–Crippen MR) is 74.9 cm³/mol. The maximum absolute atomic E-state index is 6.11. The van der Waals surface area contributed by atoms with Gasteiger partial charge < -0.3 is 0 Å². The van der Waals surface area contributed by atoms with Crippen LogP contribution in [0.3, 0.4) is 0 Å². The SMILES string of the molecule is Cc1ccc(-c2nc(Cl)nc(-n3cncn3)n2)cc1Cl. The van der Waals surface area contributed by atoms with E-state index in [-0.39, 0.29) is 5.28 Å². The molecule has 3 rings (SSSR count). The van der Waals surface area contributed by atoms with Gasteiger partial charge in [0.15, 0.2) is 5.82 Å². The summed E-state index contributed by atoms with van der Waals surface area (Å²) in [5.41, 5.74) is 1.73. The summed E-state index contributed by atoms with van der Waals surface area (Å²) in [6.07, 6.45) is 2.87. The van der Waals surface area contributed by atoms with Crippen LogP contribution < -0.4 is 0 Å². The molecule has 2 heterocycles. The summed E-state index contributed by atoms with van der Waals surface area (Å²) in [5.74, 6) is 0.728. The molecular weight excluding hydrogens is 299 g/mol.